The molecule has 12 nitrogen and oxygen atoms in total. The van der Waals surface area contributed by atoms with Gasteiger partial charge in [-0.05, 0) is 82.4 Å². The number of rotatable bonds is 7. The summed E-state index contributed by atoms with van der Waals surface area (Å²) >= 11 is 0. The molecule has 2 aromatic carbocycles. The van der Waals surface area contributed by atoms with Gasteiger partial charge in [-0.2, -0.15) is 23.5 Å². The summed E-state index contributed by atoms with van der Waals surface area (Å²) in [6.07, 6.45) is -2.84. The van der Waals surface area contributed by atoms with E-state index in [1.165, 1.54) is 29.9 Å². The second-order valence-electron chi connectivity index (χ2n) is 11.4. The average Bonchev–Trinajstić information content (AvgIpc) is 3.62. The number of nitriles is 1. The zero-order valence-electron chi connectivity index (χ0n) is 26.0. The van der Waals surface area contributed by atoms with Crippen LogP contribution in [0.3, 0.4) is 0 Å². The highest BCUT2D eigenvalue weighted by Gasteiger charge is 2.33. The van der Waals surface area contributed by atoms with E-state index in [0.717, 1.165) is 21.3 Å². The van der Waals surface area contributed by atoms with Crippen molar-refractivity contribution in [2.45, 2.75) is 32.0 Å². The fourth-order valence-corrected chi connectivity index (χ4v) is 5.44. The number of piperidine rings is 1. The van der Waals surface area contributed by atoms with Gasteiger partial charge in [-0.25, -0.2) is 23.6 Å². The molecule has 1 fully saturated rings. The molecule has 1 aliphatic heterocycles. The number of likely N-dealkylation sites (tertiary alicyclic amines) is 1. The minimum atomic E-state index is -4.65. The SMILES string of the molecule is Cc1c(-c2ccnn2-c2ccc(C#N)cc2)n(C(=O)NC2CCN(C(=O)OCCN(C)C)CC2)c(=O)n1-c1cccc(C(F)(F)F)c1. The molecule has 15 heteroatoms. The Morgan fingerprint density at radius 1 is 1.09 bits per heavy atom. The maximum Gasteiger partial charge on any atom is 0.416 e. The van der Waals surface area contributed by atoms with Gasteiger partial charge in [-0.15, -0.1) is 0 Å². The maximum atomic E-state index is 14.0. The van der Waals surface area contributed by atoms with E-state index in [1.54, 1.807) is 35.2 Å². The lowest BCUT2D eigenvalue weighted by atomic mass is 10.1. The first kappa shape index (κ1) is 33.0. The quantitative estimate of drug-likeness (QED) is 0.314. The molecule has 1 saturated heterocycles. The first-order valence-corrected chi connectivity index (χ1v) is 14.8. The van der Waals surface area contributed by atoms with Crippen molar-refractivity contribution in [1.29, 1.82) is 5.26 Å². The molecule has 0 aliphatic carbocycles. The monoisotopic (exact) mass is 650 g/mol. The number of halogens is 3. The van der Waals surface area contributed by atoms with E-state index in [0.29, 0.717) is 49.4 Å². The average molecular weight is 651 g/mol. The summed E-state index contributed by atoms with van der Waals surface area (Å²) < 4.78 is 49.6. The highest BCUT2D eigenvalue weighted by molar-refractivity contribution is 5.83. The highest BCUT2D eigenvalue weighted by Crippen LogP contribution is 2.32. The van der Waals surface area contributed by atoms with E-state index < -0.39 is 35.6 Å². The molecule has 0 saturated carbocycles. The molecule has 3 heterocycles. The summed E-state index contributed by atoms with van der Waals surface area (Å²) in [6, 6.07) is 13.2. The minimum Gasteiger partial charge on any atom is -0.448 e. The van der Waals surface area contributed by atoms with Crippen molar-refractivity contribution in [2.75, 3.05) is 40.3 Å². The van der Waals surface area contributed by atoms with Crippen LogP contribution in [0.2, 0.25) is 0 Å². The third kappa shape index (κ3) is 7.07. The number of carbonyl (C=O) groups excluding carboxylic acids is 2. The molecule has 0 radical (unpaired) electrons. The Morgan fingerprint density at radius 3 is 2.43 bits per heavy atom. The summed E-state index contributed by atoms with van der Waals surface area (Å²) in [6.45, 7) is 3.01. The summed E-state index contributed by atoms with van der Waals surface area (Å²) in [5.74, 6) is 0. The van der Waals surface area contributed by atoms with Crippen LogP contribution in [-0.2, 0) is 10.9 Å². The van der Waals surface area contributed by atoms with Crippen LogP contribution in [-0.4, -0.2) is 87.2 Å². The van der Waals surface area contributed by atoms with Crippen LogP contribution in [0.5, 0.6) is 0 Å². The number of carbonyl (C=O) groups is 2. The number of nitrogens with zero attached hydrogens (tertiary/aromatic N) is 7. The van der Waals surface area contributed by atoms with Crippen LogP contribution in [0.15, 0.2) is 65.6 Å². The number of imidazole rings is 1. The van der Waals surface area contributed by atoms with Crippen LogP contribution in [0, 0.1) is 18.3 Å². The number of hydrogen-bond donors (Lipinski definition) is 1. The number of benzene rings is 2. The van der Waals surface area contributed by atoms with E-state index in [4.69, 9.17) is 4.74 Å². The summed E-state index contributed by atoms with van der Waals surface area (Å²) in [5.41, 5.74) is -0.304. The molecule has 1 aliphatic rings. The zero-order chi connectivity index (χ0) is 33.9. The van der Waals surface area contributed by atoms with E-state index in [-0.39, 0.29) is 23.7 Å². The first-order valence-electron chi connectivity index (χ1n) is 14.8. The Morgan fingerprint density at radius 2 is 1.79 bits per heavy atom. The van der Waals surface area contributed by atoms with Gasteiger partial charge in [0.1, 0.15) is 12.3 Å². The molecular weight excluding hydrogens is 617 g/mol. The zero-order valence-corrected chi connectivity index (χ0v) is 26.0. The molecule has 0 spiro atoms. The lowest BCUT2D eigenvalue weighted by Crippen LogP contribution is -2.49. The maximum absolute atomic E-state index is 14.0. The van der Waals surface area contributed by atoms with Gasteiger partial charge in [0.25, 0.3) is 0 Å². The smallest absolute Gasteiger partial charge is 0.416 e. The summed E-state index contributed by atoms with van der Waals surface area (Å²) in [4.78, 5) is 43.8. The van der Waals surface area contributed by atoms with Crippen molar-refractivity contribution >= 4 is 12.1 Å². The van der Waals surface area contributed by atoms with E-state index in [9.17, 15) is 32.8 Å². The number of likely N-dealkylation sites (N-methyl/N-ethyl adjacent to an activating group) is 1. The molecule has 246 valence electrons. The van der Waals surface area contributed by atoms with Crippen molar-refractivity contribution in [3.8, 4) is 28.8 Å². The normalized spacial score (nSPS) is 13.9. The first-order chi connectivity index (χ1) is 22.4. The molecule has 0 atom stereocenters. The predicted octanol–water partition coefficient (Wildman–Crippen LogP) is 4.41. The molecule has 1 N–H and O–H groups in total. The molecule has 2 aromatic heterocycles. The Labute approximate surface area is 268 Å². The number of hydrogen-bond acceptors (Lipinski definition) is 7. The Hall–Kier alpha value is -5.36. The van der Waals surface area contributed by atoms with Gasteiger partial charge in [0.15, 0.2) is 0 Å². The van der Waals surface area contributed by atoms with Gasteiger partial charge in [0.2, 0.25) is 0 Å². The van der Waals surface area contributed by atoms with Crippen molar-refractivity contribution in [3.63, 3.8) is 0 Å². The highest BCUT2D eigenvalue weighted by atomic mass is 19.4. The summed E-state index contributed by atoms with van der Waals surface area (Å²) in [5, 5.41) is 16.5. The van der Waals surface area contributed by atoms with E-state index >= 15 is 0 Å². The third-order valence-electron chi connectivity index (χ3n) is 7.89. The van der Waals surface area contributed by atoms with Crippen LogP contribution < -0.4 is 11.0 Å². The Bertz CT molecular complexity index is 1860. The molecule has 47 heavy (non-hydrogen) atoms. The lowest BCUT2D eigenvalue weighted by molar-refractivity contribution is -0.137. The third-order valence-corrected chi connectivity index (χ3v) is 7.89. The fraction of sp³-hybridized carbons (Fsp3) is 0.344. The topological polar surface area (TPSA) is 130 Å². The molecule has 4 aromatic rings. The van der Waals surface area contributed by atoms with Crippen molar-refractivity contribution < 1.29 is 27.5 Å². The lowest BCUT2D eigenvalue weighted by Gasteiger charge is -2.31. The number of aromatic nitrogens is 4. The molecule has 0 bridgehead atoms. The number of alkyl halides is 3. The Kier molecular flexibility index (Phi) is 9.52. The van der Waals surface area contributed by atoms with Crippen LogP contribution >= 0.6 is 0 Å². The standard InChI is InChI=1S/C32H33F3N8O4/c1-21-28(27-11-14-37-43(27)25-9-7-22(20-36)8-10-25)42(30(45)41(21)26-6-4-5-23(19-26)32(33,34)35)29(44)38-24-12-15-40(16-13-24)31(46)47-18-17-39(2)3/h4-11,14,19,24H,12-13,15-18H2,1-3H3,(H,38,44). The fourth-order valence-electron chi connectivity index (χ4n) is 5.44. The van der Waals surface area contributed by atoms with E-state index in [1.807, 2.05) is 25.1 Å². The van der Waals surface area contributed by atoms with Gasteiger partial charge in [-0.1, -0.05) is 6.07 Å². The number of nitrogens with one attached hydrogen (secondary N) is 1. The van der Waals surface area contributed by atoms with Gasteiger partial charge in [0.05, 0.1) is 46.2 Å². The van der Waals surface area contributed by atoms with Crippen molar-refractivity contribution in [2.24, 2.45) is 0 Å². The van der Waals surface area contributed by atoms with Gasteiger partial charge in [0, 0.05) is 25.7 Å². The second-order valence-corrected chi connectivity index (χ2v) is 11.4. The van der Waals surface area contributed by atoms with E-state index in [2.05, 4.69) is 10.4 Å². The van der Waals surface area contributed by atoms with Crippen LogP contribution in [0.1, 0.15) is 29.7 Å². The van der Waals surface area contributed by atoms with Crippen molar-refractivity contribution in [3.05, 3.63) is 88.1 Å². The molecule has 2 amide bonds. The van der Waals surface area contributed by atoms with Gasteiger partial charge < -0.3 is 19.9 Å². The van der Waals surface area contributed by atoms with Gasteiger partial charge in [-0.3, -0.25) is 4.57 Å². The number of ether oxygens (including phenoxy) is 1. The van der Waals surface area contributed by atoms with Gasteiger partial charge >= 0.3 is 24.0 Å². The van der Waals surface area contributed by atoms with Crippen molar-refractivity contribution in [1.82, 2.24) is 34.0 Å². The molecule has 5 rings (SSSR count). The van der Waals surface area contributed by atoms with Crippen LogP contribution in [0.4, 0.5) is 22.8 Å². The Balaban J connectivity index is 1.50. The number of amides is 2. The second kappa shape index (κ2) is 13.6. The molecular formula is C32H33F3N8O4. The summed E-state index contributed by atoms with van der Waals surface area (Å²) in [7, 11) is 3.74. The predicted molar refractivity (Wildman–Crippen MR) is 165 cm³/mol. The van der Waals surface area contributed by atoms with Crippen LogP contribution in [0.25, 0.3) is 22.8 Å². The molecule has 0 unspecified atom stereocenters. The largest absolute Gasteiger partial charge is 0.448 e. The minimum absolute atomic E-state index is 0.0688.